The first-order valence-corrected chi connectivity index (χ1v) is 7.38. The van der Waals surface area contributed by atoms with Gasteiger partial charge in [0.15, 0.2) is 5.13 Å². The van der Waals surface area contributed by atoms with Gasteiger partial charge in [-0.2, -0.15) is 0 Å². The highest BCUT2D eigenvalue weighted by Crippen LogP contribution is 2.28. The van der Waals surface area contributed by atoms with Crippen LogP contribution in [-0.4, -0.2) is 10.9 Å². The maximum absolute atomic E-state index is 11.9. The molecule has 5 heteroatoms. The fourth-order valence-electron chi connectivity index (χ4n) is 2.12. The zero-order chi connectivity index (χ0) is 14.8. The van der Waals surface area contributed by atoms with Crippen LogP contribution in [0.2, 0.25) is 0 Å². The van der Waals surface area contributed by atoms with E-state index in [2.05, 4.69) is 42.3 Å². The summed E-state index contributed by atoms with van der Waals surface area (Å²) in [4.78, 5) is 16.4. The van der Waals surface area contributed by atoms with Gasteiger partial charge in [0.2, 0.25) is 0 Å². The van der Waals surface area contributed by atoms with E-state index in [0.29, 0.717) is 10.7 Å². The van der Waals surface area contributed by atoms with Gasteiger partial charge in [0, 0.05) is 10.9 Å². The van der Waals surface area contributed by atoms with Crippen LogP contribution in [-0.2, 0) is 0 Å². The molecule has 3 rings (SSSR count). The number of amides is 1. The average Bonchev–Trinajstić information content (AvgIpc) is 3.09. The molecule has 21 heavy (non-hydrogen) atoms. The third-order valence-electron chi connectivity index (χ3n) is 3.17. The van der Waals surface area contributed by atoms with Crippen LogP contribution in [0.3, 0.4) is 0 Å². The van der Waals surface area contributed by atoms with Gasteiger partial charge < -0.3 is 4.42 Å². The molecule has 0 saturated carbocycles. The minimum Gasteiger partial charge on any atom is -0.472 e. The van der Waals surface area contributed by atoms with Gasteiger partial charge in [-0.15, -0.1) is 11.3 Å². The Labute approximate surface area is 126 Å². The first-order valence-electron chi connectivity index (χ1n) is 6.50. The lowest BCUT2D eigenvalue weighted by atomic mass is 10.0. The molecule has 1 N–H and O–H groups in total. The van der Waals surface area contributed by atoms with Crippen LogP contribution in [0.4, 0.5) is 5.13 Å². The van der Waals surface area contributed by atoms with Crippen molar-refractivity contribution in [3.05, 3.63) is 58.9 Å². The van der Waals surface area contributed by atoms with Crippen molar-refractivity contribution in [2.75, 3.05) is 5.32 Å². The second-order valence-corrected chi connectivity index (χ2v) is 5.68. The highest BCUT2D eigenvalue weighted by molar-refractivity contribution is 7.14. The van der Waals surface area contributed by atoms with Gasteiger partial charge >= 0.3 is 0 Å². The second-order valence-electron chi connectivity index (χ2n) is 4.82. The van der Waals surface area contributed by atoms with E-state index >= 15 is 0 Å². The smallest absolute Gasteiger partial charge is 0.260 e. The van der Waals surface area contributed by atoms with Crippen LogP contribution in [0.1, 0.15) is 21.5 Å². The summed E-state index contributed by atoms with van der Waals surface area (Å²) >= 11 is 1.41. The van der Waals surface area contributed by atoms with E-state index < -0.39 is 0 Å². The Balaban J connectivity index is 1.82. The number of thiazole rings is 1. The van der Waals surface area contributed by atoms with Gasteiger partial charge in [-0.05, 0) is 25.5 Å². The van der Waals surface area contributed by atoms with E-state index in [9.17, 15) is 4.79 Å². The number of aromatic nitrogens is 1. The van der Waals surface area contributed by atoms with Crippen molar-refractivity contribution in [2.24, 2.45) is 0 Å². The first kappa shape index (κ1) is 13.6. The largest absolute Gasteiger partial charge is 0.472 e. The molecule has 1 amide bonds. The number of benzene rings is 1. The Morgan fingerprint density at radius 1 is 1.29 bits per heavy atom. The minimum absolute atomic E-state index is 0.217. The number of carbonyl (C=O) groups is 1. The van der Waals surface area contributed by atoms with Gasteiger partial charge in [-0.25, -0.2) is 4.98 Å². The van der Waals surface area contributed by atoms with E-state index in [4.69, 9.17) is 4.42 Å². The molecule has 3 aromatic rings. The Kier molecular flexibility index (Phi) is 3.58. The van der Waals surface area contributed by atoms with Crippen molar-refractivity contribution < 1.29 is 9.21 Å². The summed E-state index contributed by atoms with van der Waals surface area (Å²) in [5.41, 5.74) is 4.84. The average molecular weight is 298 g/mol. The molecule has 0 aliphatic rings. The molecule has 106 valence electrons. The molecular formula is C16H14N2O2S. The monoisotopic (exact) mass is 298 g/mol. The number of rotatable bonds is 3. The lowest BCUT2D eigenvalue weighted by molar-refractivity contribution is 0.102. The molecule has 0 aliphatic heterocycles. The third-order valence-corrected chi connectivity index (χ3v) is 3.92. The molecule has 0 saturated heterocycles. The number of aryl methyl sites for hydroxylation is 2. The Hall–Kier alpha value is -2.40. The fraction of sp³-hybridized carbons (Fsp3) is 0.125. The van der Waals surface area contributed by atoms with E-state index in [1.54, 1.807) is 6.07 Å². The topological polar surface area (TPSA) is 55.1 Å². The van der Waals surface area contributed by atoms with Crippen LogP contribution < -0.4 is 5.32 Å². The summed E-state index contributed by atoms with van der Waals surface area (Å²) in [6, 6.07) is 7.86. The van der Waals surface area contributed by atoms with Crippen molar-refractivity contribution in [1.82, 2.24) is 4.98 Å². The molecule has 0 spiro atoms. The Bertz CT molecular complexity index is 775. The number of nitrogens with zero attached hydrogens (tertiary/aromatic N) is 1. The zero-order valence-electron chi connectivity index (χ0n) is 11.7. The van der Waals surface area contributed by atoms with Gasteiger partial charge in [0.1, 0.15) is 6.26 Å². The number of anilines is 1. The first-order chi connectivity index (χ1) is 10.1. The summed E-state index contributed by atoms with van der Waals surface area (Å²) in [6.45, 7) is 4.12. The van der Waals surface area contributed by atoms with Crippen LogP contribution in [0.25, 0.3) is 11.3 Å². The van der Waals surface area contributed by atoms with Crippen molar-refractivity contribution in [3.8, 4) is 11.3 Å². The highest BCUT2D eigenvalue weighted by atomic mass is 32.1. The summed E-state index contributed by atoms with van der Waals surface area (Å²) < 4.78 is 4.90. The highest BCUT2D eigenvalue weighted by Gasteiger charge is 2.11. The van der Waals surface area contributed by atoms with Gasteiger partial charge in [-0.1, -0.05) is 23.8 Å². The standard InChI is InChI=1S/C16H14N2O2S/c1-10-3-4-13(11(2)7-10)14-9-21-16(17-14)18-15(19)12-5-6-20-8-12/h3-9H,1-2H3,(H,17,18,19). The predicted octanol–water partition coefficient (Wildman–Crippen LogP) is 4.27. The van der Waals surface area contributed by atoms with Gasteiger partial charge in [0.25, 0.3) is 5.91 Å². The minimum atomic E-state index is -0.217. The maximum Gasteiger partial charge on any atom is 0.260 e. The van der Waals surface area contributed by atoms with Crippen molar-refractivity contribution in [3.63, 3.8) is 0 Å². The quantitative estimate of drug-likeness (QED) is 0.785. The third kappa shape index (κ3) is 2.87. The number of furan rings is 1. The lowest BCUT2D eigenvalue weighted by Crippen LogP contribution is -2.10. The lowest BCUT2D eigenvalue weighted by Gasteiger charge is -2.03. The summed E-state index contributed by atoms with van der Waals surface area (Å²) in [6.07, 6.45) is 2.88. The molecule has 2 heterocycles. The number of hydrogen-bond acceptors (Lipinski definition) is 4. The molecule has 0 radical (unpaired) electrons. The molecule has 1 aromatic carbocycles. The predicted molar refractivity (Wildman–Crippen MR) is 83.7 cm³/mol. The second kappa shape index (κ2) is 5.54. The van der Waals surface area contributed by atoms with Crippen molar-refractivity contribution in [2.45, 2.75) is 13.8 Å². The Morgan fingerprint density at radius 3 is 2.86 bits per heavy atom. The zero-order valence-corrected chi connectivity index (χ0v) is 12.5. The van der Waals surface area contributed by atoms with Gasteiger partial charge in [-0.3, -0.25) is 10.1 Å². The number of nitrogens with one attached hydrogen (secondary N) is 1. The SMILES string of the molecule is Cc1ccc(-c2csc(NC(=O)c3ccoc3)n2)c(C)c1. The normalized spacial score (nSPS) is 10.6. The Morgan fingerprint density at radius 2 is 2.14 bits per heavy atom. The molecule has 2 aromatic heterocycles. The molecule has 0 atom stereocenters. The molecular weight excluding hydrogens is 284 g/mol. The molecule has 0 aliphatic carbocycles. The van der Waals surface area contributed by atoms with Crippen LogP contribution in [0.5, 0.6) is 0 Å². The van der Waals surface area contributed by atoms with Crippen LogP contribution in [0, 0.1) is 13.8 Å². The van der Waals surface area contributed by atoms with E-state index in [1.807, 2.05) is 5.38 Å². The summed E-state index contributed by atoms with van der Waals surface area (Å²) in [5, 5.41) is 5.30. The number of hydrogen-bond donors (Lipinski definition) is 1. The summed E-state index contributed by atoms with van der Waals surface area (Å²) in [7, 11) is 0. The van der Waals surface area contributed by atoms with Crippen LogP contribution in [0.15, 0.2) is 46.6 Å². The van der Waals surface area contributed by atoms with E-state index in [0.717, 1.165) is 11.3 Å². The molecule has 4 nitrogen and oxygen atoms in total. The summed E-state index contributed by atoms with van der Waals surface area (Å²) in [5.74, 6) is -0.217. The van der Waals surface area contributed by atoms with Crippen molar-refractivity contribution in [1.29, 1.82) is 0 Å². The fourth-order valence-corrected chi connectivity index (χ4v) is 2.82. The van der Waals surface area contributed by atoms with Crippen molar-refractivity contribution >= 4 is 22.4 Å². The molecule has 0 unspecified atom stereocenters. The maximum atomic E-state index is 11.9. The molecule has 0 bridgehead atoms. The van der Waals surface area contributed by atoms with Gasteiger partial charge in [0.05, 0.1) is 17.5 Å². The van der Waals surface area contributed by atoms with E-state index in [1.165, 1.54) is 35.0 Å². The number of carbonyl (C=O) groups excluding carboxylic acids is 1. The molecule has 0 fully saturated rings. The van der Waals surface area contributed by atoms with Crippen LogP contribution >= 0.6 is 11.3 Å². The van der Waals surface area contributed by atoms with E-state index in [-0.39, 0.29) is 5.91 Å².